The average Bonchev–Trinajstić information content (AvgIpc) is 2.89. The van der Waals surface area contributed by atoms with Crippen LogP contribution in [-0.2, 0) is 17.4 Å². The molecule has 2 rings (SSSR count). The van der Waals surface area contributed by atoms with E-state index < -0.39 is 11.9 Å². The van der Waals surface area contributed by atoms with Crippen LogP contribution in [0.5, 0.6) is 0 Å². The van der Waals surface area contributed by atoms with Crippen LogP contribution in [0.4, 0.5) is 13.2 Å². The second-order valence-corrected chi connectivity index (χ2v) is 7.19. The van der Waals surface area contributed by atoms with Crippen LogP contribution in [0.1, 0.15) is 22.2 Å². The molecule has 0 aliphatic heterocycles. The summed E-state index contributed by atoms with van der Waals surface area (Å²) >= 11 is 2.65. The number of nitrogens with one attached hydrogen (secondary N) is 1. The number of aryl methyl sites for hydroxylation is 2. The highest BCUT2D eigenvalue weighted by Crippen LogP contribution is 2.27. The van der Waals surface area contributed by atoms with Gasteiger partial charge < -0.3 is 5.32 Å². The van der Waals surface area contributed by atoms with Crippen molar-refractivity contribution in [2.75, 3.05) is 12.3 Å². The summed E-state index contributed by atoms with van der Waals surface area (Å²) in [5, 5.41) is 11.2. The van der Waals surface area contributed by atoms with Crippen molar-refractivity contribution in [3.05, 3.63) is 28.3 Å². The molecule has 0 fully saturated rings. The highest BCUT2D eigenvalue weighted by molar-refractivity contribution is 8.01. The van der Waals surface area contributed by atoms with E-state index in [4.69, 9.17) is 0 Å². The van der Waals surface area contributed by atoms with Gasteiger partial charge in [0.25, 0.3) is 0 Å². The van der Waals surface area contributed by atoms with E-state index in [0.29, 0.717) is 4.34 Å². The quantitative estimate of drug-likeness (QED) is 0.779. The average molecular weight is 377 g/mol. The summed E-state index contributed by atoms with van der Waals surface area (Å²) in [5.41, 5.74) is -0.737. The van der Waals surface area contributed by atoms with Crippen molar-refractivity contribution in [2.45, 2.75) is 30.8 Å². The number of hydrogen-bond donors (Lipinski definition) is 1. The first-order valence-corrected chi connectivity index (χ1v) is 8.65. The lowest BCUT2D eigenvalue weighted by atomic mass is 10.3. The zero-order valence-corrected chi connectivity index (χ0v) is 14.5. The van der Waals surface area contributed by atoms with Gasteiger partial charge in [-0.25, -0.2) is 9.97 Å². The fraction of sp³-hybridized carbons (Fsp3) is 0.462. The third kappa shape index (κ3) is 5.71. The zero-order chi connectivity index (χ0) is 17.7. The largest absolute Gasteiger partial charge is 0.433 e. The number of rotatable bonds is 6. The minimum atomic E-state index is -4.51. The van der Waals surface area contributed by atoms with E-state index in [-0.39, 0.29) is 36.1 Å². The summed E-state index contributed by atoms with van der Waals surface area (Å²) in [6.45, 7) is 3.45. The van der Waals surface area contributed by atoms with Gasteiger partial charge in [0.05, 0.1) is 5.75 Å². The highest BCUT2D eigenvalue weighted by atomic mass is 32.2. The Labute approximate surface area is 144 Å². The summed E-state index contributed by atoms with van der Waals surface area (Å²) in [7, 11) is 0. The Balaban J connectivity index is 1.81. The minimum Gasteiger partial charge on any atom is -0.355 e. The fourth-order valence-corrected chi connectivity index (χ4v) is 3.36. The number of carbonyl (C=O) groups is 1. The summed E-state index contributed by atoms with van der Waals surface area (Å²) in [6, 6.07) is 0.892. The first-order valence-electron chi connectivity index (χ1n) is 6.85. The Kier molecular flexibility index (Phi) is 6.10. The molecule has 6 nitrogen and oxygen atoms in total. The number of carbonyl (C=O) groups excluding carboxylic acids is 1. The number of amides is 1. The van der Waals surface area contributed by atoms with Crippen molar-refractivity contribution in [1.29, 1.82) is 0 Å². The van der Waals surface area contributed by atoms with Crippen molar-refractivity contribution >= 4 is 29.0 Å². The molecular formula is C13H14F3N5OS2. The molecule has 2 aromatic heterocycles. The number of alkyl halides is 3. The van der Waals surface area contributed by atoms with Crippen LogP contribution in [0.3, 0.4) is 0 Å². The van der Waals surface area contributed by atoms with Gasteiger partial charge in [0.15, 0.2) is 4.34 Å². The van der Waals surface area contributed by atoms with E-state index in [1.54, 1.807) is 0 Å². The van der Waals surface area contributed by atoms with E-state index in [0.717, 1.165) is 11.1 Å². The van der Waals surface area contributed by atoms with Gasteiger partial charge in [0.2, 0.25) is 5.91 Å². The second-order valence-electron chi connectivity index (χ2n) is 4.78. The molecule has 1 N–H and O–H groups in total. The molecule has 24 heavy (non-hydrogen) atoms. The normalized spacial score (nSPS) is 11.5. The molecule has 0 radical (unpaired) electrons. The molecule has 2 aromatic rings. The van der Waals surface area contributed by atoms with Crippen LogP contribution in [0.25, 0.3) is 0 Å². The van der Waals surface area contributed by atoms with E-state index in [1.807, 2.05) is 6.92 Å². The van der Waals surface area contributed by atoms with E-state index >= 15 is 0 Å². The van der Waals surface area contributed by atoms with Gasteiger partial charge >= 0.3 is 6.18 Å². The predicted octanol–water partition coefficient (Wildman–Crippen LogP) is 2.41. The Bertz CT molecular complexity index is 720. The lowest BCUT2D eigenvalue weighted by Gasteiger charge is -2.09. The van der Waals surface area contributed by atoms with Crippen LogP contribution in [-0.4, -0.2) is 38.4 Å². The molecule has 0 saturated heterocycles. The van der Waals surface area contributed by atoms with Crippen LogP contribution in [0, 0.1) is 13.8 Å². The van der Waals surface area contributed by atoms with Gasteiger partial charge in [-0.15, -0.1) is 10.2 Å². The molecule has 0 spiro atoms. The van der Waals surface area contributed by atoms with Gasteiger partial charge in [-0.2, -0.15) is 13.2 Å². The Morgan fingerprint density at radius 3 is 2.67 bits per heavy atom. The highest BCUT2D eigenvalue weighted by Gasteiger charge is 2.33. The molecule has 2 heterocycles. The molecule has 0 saturated carbocycles. The van der Waals surface area contributed by atoms with Gasteiger partial charge in [0, 0.05) is 18.7 Å². The lowest BCUT2D eigenvalue weighted by Crippen LogP contribution is -2.28. The standard InChI is InChI=1S/C13H14F3N5OS2/c1-7-5-9(13(14,15)16)19-10(18-7)3-4-17-11(22)6-23-12-21-20-8(2)24-12/h5H,3-4,6H2,1-2H3,(H,17,22). The van der Waals surface area contributed by atoms with Gasteiger partial charge in [-0.05, 0) is 19.9 Å². The van der Waals surface area contributed by atoms with Crippen LogP contribution >= 0.6 is 23.1 Å². The molecule has 0 unspecified atom stereocenters. The number of aromatic nitrogens is 4. The molecular weight excluding hydrogens is 363 g/mol. The van der Waals surface area contributed by atoms with E-state index in [1.165, 1.54) is 30.0 Å². The van der Waals surface area contributed by atoms with Crippen LogP contribution in [0.2, 0.25) is 0 Å². The van der Waals surface area contributed by atoms with E-state index in [9.17, 15) is 18.0 Å². The number of hydrogen-bond acceptors (Lipinski definition) is 7. The molecule has 0 aromatic carbocycles. The van der Waals surface area contributed by atoms with Gasteiger partial charge in [-0.3, -0.25) is 4.79 Å². The Morgan fingerprint density at radius 1 is 1.29 bits per heavy atom. The Hall–Kier alpha value is -1.75. The molecule has 0 aliphatic rings. The molecule has 0 aliphatic carbocycles. The molecule has 11 heteroatoms. The predicted molar refractivity (Wildman–Crippen MR) is 83.9 cm³/mol. The van der Waals surface area contributed by atoms with Crippen molar-refractivity contribution in [2.24, 2.45) is 0 Å². The molecule has 0 atom stereocenters. The van der Waals surface area contributed by atoms with Crippen LogP contribution in [0.15, 0.2) is 10.4 Å². The second kappa shape index (κ2) is 7.88. The third-order valence-corrected chi connectivity index (χ3v) is 4.67. The summed E-state index contributed by atoms with van der Waals surface area (Å²) in [5.74, 6) is -0.0246. The maximum Gasteiger partial charge on any atom is 0.433 e. The lowest BCUT2D eigenvalue weighted by molar-refractivity contribution is -0.141. The van der Waals surface area contributed by atoms with Crippen molar-refractivity contribution < 1.29 is 18.0 Å². The van der Waals surface area contributed by atoms with Gasteiger partial charge in [-0.1, -0.05) is 23.1 Å². The summed E-state index contributed by atoms with van der Waals surface area (Å²) in [6.07, 6.45) is -4.39. The minimum absolute atomic E-state index is 0.0510. The number of thioether (sulfide) groups is 1. The van der Waals surface area contributed by atoms with Crippen molar-refractivity contribution in [3.8, 4) is 0 Å². The summed E-state index contributed by atoms with van der Waals surface area (Å²) in [4.78, 5) is 19.2. The molecule has 130 valence electrons. The van der Waals surface area contributed by atoms with Crippen LogP contribution < -0.4 is 5.32 Å². The monoisotopic (exact) mass is 377 g/mol. The smallest absolute Gasteiger partial charge is 0.355 e. The first-order chi connectivity index (χ1) is 11.2. The number of halogens is 3. The van der Waals surface area contributed by atoms with E-state index in [2.05, 4.69) is 25.5 Å². The Morgan fingerprint density at radius 2 is 2.04 bits per heavy atom. The SMILES string of the molecule is Cc1cc(C(F)(F)F)nc(CCNC(=O)CSc2nnc(C)s2)n1. The van der Waals surface area contributed by atoms with Crippen molar-refractivity contribution in [3.63, 3.8) is 0 Å². The zero-order valence-electron chi connectivity index (χ0n) is 12.8. The third-order valence-electron chi connectivity index (χ3n) is 2.70. The topological polar surface area (TPSA) is 80.7 Å². The maximum atomic E-state index is 12.7. The molecule has 1 amide bonds. The maximum absolute atomic E-state index is 12.7. The first kappa shape index (κ1) is 18.6. The number of nitrogens with zero attached hydrogens (tertiary/aromatic N) is 4. The van der Waals surface area contributed by atoms with Gasteiger partial charge in [0.1, 0.15) is 16.5 Å². The van der Waals surface area contributed by atoms with Crippen molar-refractivity contribution in [1.82, 2.24) is 25.5 Å². The fourth-order valence-electron chi connectivity index (χ4n) is 1.72. The molecule has 0 bridgehead atoms. The summed E-state index contributed by atoms with van der Waals surface area (Å²) < 4.78 is 38.8.